The molecule has 0 amide bonds. The second-order valence-electron chi connectivity index (χ2n) is 3.86. The Hall–Kier alpha value is -1.29. The largest absolute Gasteiger partial charge is 0.396 e. The molecule has 1 aliphatic carbocycles. The van der Waals surface area contributed by atoms with Gasteiger partial charge in [-0.05, 0) is 31.4 Å². The van der Waals surface area contributed by atoms with Crippen molar-refractivity contribution in [1.29, 1.82) is 0 Å². The Morgan fingerprint density at radius 3 is 2.86 bits per heavy atom. The lowest BCUT2D eigenvalue weighted by molar-refractivity contribution is 0.144. The molecule has 0 bridgehead atoms. The summed E-state index contributed by atoms with van der Waals surface area (Å²) in [5, 5.41) is 12.5. The fourth-order valence-corrected chi connectivity index (χ4v) is 1.70. The highest BCUT2D eigenvalue weighted by atomic mass is 16.3. The molecule has 0 aromatic carbocycles. The molecule has 4 heteroatoms. The predicted molar refractivity (Wildman–Crippen MR) is 55.9 cm³/mol. The van der Waals surface area contributed by atoms with Crippen LogP contribution < -0.4 is 11.1 Å². The van der Waals surface area contributed by atoms with E-state index in [-0.39, 0.29) is 12.1 Å². The van der Waals surface area contributed by atoms with Gasteiger partial charge in [-0.15, -0.1) is 0 Å². The average molecular weight is 193 g/mol. The molecule has 0 unspecified atom stereocenters. The van der Waals surface area contributed by atoms with Gasteiger partial charge in [0.1, 0.15) is 5.82 Å². The van der Waals surface area contributed by atoms with Crippen molar-refractivity contribution in [3.8, 4) is 0 Å². The summed E-state index contributed by atoms with van der Waals surface area (Å²) in [6.45, 7) is 0.142. The molecule has 1 heterocycles. The van der Waals surface area contributed by atoms with Crippen molar-refractivity contribution in [2.75, 3.05) is 17.7 Å². The summed E-state index contributed by atoms with van der Waals surface area (Å²) in [6.07, 6.45) is 4.82. The van der Waals surface area contributed by atoms with E-state index in [1.54, 1.807) is 18.3 Å². The number of nitrogens with two attached hydrogens (primary N) is 1. The number of aliphatic hydroxyl groups excluding tert-OH is 1. The topological polar surface area (TPSA) is 71.2 Å². The van der Waals surface area contributed by atoms with Crippen molar-refractivity contribution in [2.24, 2.45) is 0 Å². The van der Waals surface area contributed by atoms with Crippen LogP contribution in [0, 0.1) is 0 Å². The van der Waals surface area contributed by atoms with Crippen molar-refractivity contribution < 1.29 is 5.11 Å². The van der Waals surface area contributed by atoms with E-state index < -0.39 is 0 Å². The first kappa shape index (κ1) is 9.27. The van der Waals surface area contributed by atoms with Crippen molar-refractivity contribution >= 4 is 11.5 Å². The van der Waals surface area contributed by atoms with E-state index in [9.17, 15) is 5.11 Å². The molecule has 14 heavy (non-hydrogen) atoms. The van der Waals surface area contributed by atoms with Crippen LogP contribution in [0.15, 0.2) is 18.3 Å². The van der Waals surface area contributed by atoms with Crippen LogP contribution in [0.25, 0.3) is 0 Å². The van der Waals surface area contributed by atoms with Gasteiger partial charge in [0.2, 0.25) is 0 Å². The normalized spacial score (nSPS) is 18.6. The standard InChI is InChI=1S/C10H15N3O/c11-8-3-1-6-12-9(8)13-10(7-14)4-2-5-10/h1,3,6,14H,2,4-5,7,11H2,(H,12,13). The minimum Gasteiger partial charge on any atom is -0.396 e. The van der Waals surface area contributed by atoms with Crippen LogP contribution in [0.1, 0.15) is 19.3 Å². The van der Waals surface area contributed by atoms with Crippen LogP contribution >= 0.6 is 0 Å². The maximum absolute atomic E-state index is 9.26. The van der Waals surface area contributed by atoms with Crippen LogP contribution in [0.4, 0.5) is 11.5 Å². The third-order valence-electron chi connectivity index (χ3n) is 2.84. The van der Waals surface area contributed by atoms with Gasteiger partial charge in [0.25, 0.3) is 0 Å². The summed E-state index contributed by atoms with van der Waals surface area (Å²) in [4.78, 5) is 4.15. The summed E-state index contributed by atoms with van der Waals surface area (Å²) in [5.74, 6) is 0.682. The fraction of sp³-hybridized carbons (Fsp3) is 0.500. The molecule has 4 nitrogen and oxygen atoms in total. The summed E-state index contributed by atoms with van der Waals surface area (Å²) in [6, 6.07) is 3.60. The zero-order valence-electron chi connectivity index (χ0n) is 8.03. The van der Waals surface area contributed by atoms with Gasteiger partial charge in [-0.2, -0.15) is 0 Å². The van der Waals surface area contributed by atoms with Crippen molar-refractivity contribution in [1.82, 2.24) is 4.98 Å². The van der Waals surface area contributed by atoms with Crippen molar-refractivity contribution in [3.63, 3.8) is 0 Å². The quantitative estimate of drug-likeness (QED) is 0.669. The first-order chi connectivity index (χ1) is 6.76. The van der Waals surface area contributed by atoms with Crippen LogP contribution in [0.3, 0.4) is 0 Å². The van der Waals surface area contributed by atoms with E-state index in [1.807, 2.05) is 0 Å². The lowest BCUT2D eigenvalue weighted by Crippen LogP contribution is -2.48. The lowest BCUT2D eigenvalue weighted by Gasteiger charge is -2.41. The van der Waals surface area contributed by atoms with E-state index in [2.05, 4.69) is 10.3 Å². The molecule has 1 aliphatic rings. The van der Waals surface area contributed by atoms with Crippen LogP contribution in [-0.4, -0.2) is 22.2 Å². The Kier molecular flexibility index (Phi) is 2.29. The maximum Gasteiger partial charge on any atom is 0.149 e. The number of pyridine rings is 1. The van der Waals surface area contributed by atoms with Crippen LogP contribution in [0.5, 0.6) is 0 Å². The molecule has 1 aromatic heterocycles. The van der Waals surface area contributed by atoms with E-state index >= 15 is 0 Å². The number of nitrogens with one attached hydrogen (secondary N) is 1. The second-order valence-corrected chi connectivity index (χ2v) is 3.86. The Balaban J connectivity index is 2.13. The number of aliphatic hydroxyl groups is 1. The predicted octanol–water partition coefficient (Wildman–Crippen LogP) is 0.991. The highest BCUT2D eigenvalue weighted by molar-refractivity contribution is 5.61. The number of rotatable bonds is 3. The Bertz CT molecular complexity index is 317. The van der Waals surface area contributed by atoms with Gasteiger partial charge in [-0.3, -0.25) is 0 Å². The zero-order chi connectivity index (χ0) is 10.0. The molecular weight excluding hydrogens is 178 g/mol. The van der Waals surface area contributed by atoms with E-state index in [1.165, 1.54) is 0 Å². The summed E-state index contributed by atoms with van der Waals surface area (Å²) >= 11 is 0. The summed E-state index contributed by atoms with van der Waals surface area (Å²) < 4.78 is 0. The molecule has 0 radical (unpaired) electrons. The van der Waals surface area contributed by atoms with Gasteiger partial charge in [-0.1, -0.05) is 0 Å². The molecule has 1 saturated carbocycles. The Morgan fingerprint density at radius 1 is 1.57 bits per heavy atom. The SMILES string of the molecule is Nc1cccnc1NC1(CO)CCC1. The first-order valence-electron chi connectivity index (χ1n) is 4.85. The molecule has 1 aromatic rings. The molecule has 2 rings (SSSR count). The van der Waals surface area contributed by atoms with E-state index in [4.69, 9.17) is 5.73 Å². The van der Waals surface area contributed by atoms with Crippen molar-refractivity contribution in [3.05, 3.63) is 18.3 Å². The fourth-order valence-electron chi connectivity index (χ4n) is 1.70. The molecular formula is C10H15N3O. The molecule has 0 atom stereocenters. The Morgan fingerprint density at radius 2 is 2.36 bits per heavy atom. The Labute approximate surface area is 83.2 Å². The van der Waals surface area contributed by atoms with Gasteiger partial charge in [-0.25, -0.2) is 4.98 Å². The number of hydrogen-bond acceptors (Lipinski definition) is 4. The lowest BCUT2D eigenvalue weighted by atomic mass is 9.77. The monoisotopic (exact) mass is 193 g/mol. The van der Waals surface area contributed by atoms with Crippen molar-refractivity contribution in [2.45, 2.75) is 24.8 Å². The van der Waals surface area contributed by atoms with Crippen LogP contribution in [-0.2, 0) is 0 Å². The van der Waals surface area contributed by atoms with Gasteiger partial charge in [0.15, 0.2) is 0 Å². The zero-order valence-corrected chi connectivity index (χ0v) is 8.03. The highest BCUT2D eigenvalue weighted by Gasteiger charge is 2.36. The molecule has 1 fully saturated rings. The summed E-state index contributed by atoms with van der Waals surface area (Å²) in [5.41, 5.74) is 6.21. The number of hydrogen-bond donors (Lipinski definition) is 3. The first-order valence-corrected chi connectivity index (χ1v) is 4.85. The molecule has 4 N–H and O–H groups in total. The smallest absolute Gasteiger partial charge is 0.149 e. The van der Waals surface area contributed by atoms with Gasteiger partial charge >= 0.3 is 0 Å². The minimum absolute atomic E-state index is 0.142. The third-order valence-corrected chi connectivity index (χ3v) is 2.84. The summed E-state index contributed by atoms with van der Waals surface area (Å²) in [7, 11) is 0. The number of aromatic nitrogens is 1. The van der Waals surface area contributed by atoms with Gasteiger partial charge in [0.05, 0.1) is 17.8 Å². The number of nitrogens with zero attached hydrogens (tertiary/aromatic N) is 1. The van der Waals surface area contributed by atoms with Crippen LogP contribution in [0.2, 0.25) is 0 Å². The highest BCUT2D eigenvalue weighted by Crippen LogP contribution is 2.35. The van der Waals surface area contributed by atoms with Gasteiger partial charge in [0, 0.05) is 6.20 Å². The minimum atomic E-state index is -0.178. The maximum atomic E-state index is 9.26. The molecule has 76 valence electrons. The second kappa shape index (κ2) is 3.46. The molecule has 0 aliphatic heterocycles. The molecule has 0 saturated heterocycles. The number of anilines is 2. The molecule has 0 spiro atoms. The third kappa shape index (κ3) is 1.53. The van der Waals surface area contributed by atoms with Gasteiger partial charge < -0.3 is 16.2 Å². The average Bonchev–Trinajstić information content (AvgIpc) is 2.14. The number of nitrogen functional groups attached to an aromatic ring is 1. The van der Waals surface area contributed by atoms with E-state index in [0.29, 0.717) is 11.5 Å². The van der Waals surface area contributed by atoms with E-state index in [0.717, 1.165) is 19.3 Å².